The summed E-state index contributed by atoms with van der Waals surface area (Å²) in [5.74, 6) is -1.11. The average Bonchev–Trinajstić information content (AvgIpc) is 2.87. The van der Waals surface area contributed by atoms with Crippen LogP contribution in [0.1, 0.15) is 29.2 Å². The Kier molecular flexibility index (Phi) is 11.3. The summed E-state index contributed by atoms with van der Waals surface area (Å²) in [4.78, 5) is 26.9. The molecule has 4 aromatic carbocycles. The summed E-state index contributed by atoms with van der Waals surface area (Å²) in [5.41, 5.74) is 3.95. The van der Waals surface area contributed by atoms with E-state index in [0.29, 0.717) is 22.2 Å². The van der Waals surface area contributed by atoms with E-state index in [1.165, 1.54) is 11.1 Å². The van der Waals surface area contributed by atoms with E-state index in [4.69, 9.17) is 33.0 Å². The number of fused-ring (bicyclic) bond motifs is 2. The van der Waals surface area contributed by atoms with Crippen LogP contribution in [0.4, 0.5) is 0 Å². The fraction of sp³-hybridized carbons (Fsp3) is 0.312. The van der Waals surface area contributed by atoms with Gasteiger partial charge < -0.3 is 19.6 Å². The lowest BCUT2D eigenvalue weighted by molar-refractivity contribution is -0.142. The number of nitrogens with zero attached hydrogens (tertiary/aromatic N) is 2. The Morgan fingerprint density at radius 3 is 1.57 bits per heavy atom. The molecule has 0 heterocycles. The van der Waals surface area contributed by atoms with E-state index >= 15 is 0 Å². The molecule has 0 amide bonds. The predicted molar refractivity (Wildman–Crippen MR) is 164 cm³/mol. The number of aliphatic carboxylic acids is 1. The number of rotatable bonds is 9. The van der Waals surface area contributed by atoms with E-state index in [2.05, 4.69) is 28.0 Å². The number of carboxylic acids is 1. The number of hydrogen-bond donors (Lipinski definition) is 1. The summed E-state index contributed by atoms with van der Waals surface area (Å²) in [7, 11) is 8.11. The normalized spacial score (nSPS) is 11.1. The minimum absolute atomic E-state index is 0.0524. The highest BCUT2D eigenvalue weighted by Crippen LogP contribution is 2.29. The standard InChI is InChI=1S/C17H20ClNO2.C15H16ClNO2/c1-4-21-17(20)10-15-14-7-5-12(11-19(2)3)9-13(14)6-8-16(15)18;1-17(2)9-10-3-5-12-11(7-10)4-6-14(16)13(12)8-15(18)19/h5-9H,4,10-11H2,1-3H3;3-7H,8-9H2,1-2H3,(H,18,19). The van der Waals surface area contributed by atoms with Crippen molar-refractivity contribution in [3.63, 3.8) is 0 Å². The maximum Gasteiger partial charge on any atom is 0.310 e. The summed E-state index contributed by atoms with van der Waals surface area (Å²) in [6.45, 7) is 3.92. The van der Waals surface area contributed by atoms with Gasteiger partial charge in [-0.25, -0.2) is 0 Å². The van der Waals surface area contributed by atoms with Crippen molar-refractivity contribution >= 4 is 56.7 Å². The summed E-state index contributed by atoms with van der Waals surface area (Å²) < 4.78 is 5.02. The molecule has 6 nitrogen and oxygen atoms in total. The van der Waals surface area contributed by atoms with Crippen LogP contribution in [0.2, 0.25) is 10.0 Å². The molecule has 0 saturated carbocycles. The van der Waals surface area contributed by atoms with Crippen molar-refractivity contribution in [3.05, 3.63) is 93.0 Å². The molecule has 212 valence electrons. The number of hydrogen-bond acceptors (Lipinski definition) is 5. The Morgan fingerprint density at radius 1 is 0.725 bits per heavy atom. The Hall–Kier alpha value is -3.16. The van der Waals surface area contributed by atoms with Crippen LogP contribution in [0, 0.1) is 0 Å². The molecule has 8 heteroatoms. The summed E-state index contributed by atoms with van der Waals surface area (Å²) in [6, 6.07) is 19.8. The Bertz CT molecular complexity index is 1500. The smallest absolute Gasteiger partial charge is 0.310 e. The number of halogens is 2. The molecule has 0 spiro atoms. The largest absolute Gasteiger partial charge is 0.481 e. The number of ether oxygens (including phenoxy) is 1. The Balaban J connectivity index is 0.000000222. The molecule has 0 radical (unpaired) electrons. The van der Waals surface area contributed by atoms with Crippen LogP contribution in [-0.2, 0) is 40.3 Å². The van der Waals surface area contributed by atoms with Crippen molar-refractivity contribution in [2.24, 2.45) is 0 Å². The molecule has 0 unspecified atom stereocenters. The third-order valence-electron chi connectivity index (χ3n) is 6.23. The zero-order chi connectivity index (χ0) is 29.4. The van der Waals surface area contributed by atoms with Crippen LogP contribution < -0.4 is 0 Å². The van der Waals surface area contributed by atoms with E-state index in [9.17, 15) is 9.59 Å². The lowest BCUT2D eigenvalue weighted by Crippen LogP contribution is -2.10. The monoisotopic (exact) mass is 582 g/mol. The van der Waals surface area contributed by atoms with Gasteiger partial charge in [0.2, 0.25) is 0 Å². The predicted octanol–water partition coefficient (Wildman–Crippen LogP) is 6.84. The van der Waals surface area contributed by atoms with Crippen molar-refractivity contribution in [1.29, 1.82) is 0 Å². The maximum atomic E-state index is 11.7. The highest BCUT2D eigenvalue weighted by molar-refractivity contribution is 6.33. The topological polar surface area (TPSA) is 70.1 Å². The van der Waals surface area contributed by atoms with E-state index in [1.807, 2.05) is 64.6 Å². The van der Waals surface area contributed by atoms with Gasteiger partial charge in [-0.15, -0.1) is 0 Å². The van der Waals surface area contributed by atoms with Gasteiger partial charge >= 0.3 is 11.9 Å². The van der Waals surface area contributed by atoms with Gasteiger partial charge in [0.25, 0.3) is 0 Å². The Labute approximate surface area is 246 Å². The zero-order valence-corrected chi connectivity index (χ0v) is 25.1. The molecule has 4 rings (SSSR count). The van der Waals surface area contributed by atoms with Crippen LogP contribution in [0.25, 0.3) is 21.5 Å². The Morgan fingerprint density at radius 2 is 1.18 bits per heavy atom. The molecule has 0 aromatic heterocycles. The lowest BCUT2D eigenvalue weighted by Gasteiger charge is -2.13. The summed E-state index contributed by atoms with van der Waals surface area (Å²) in [6.07, 6.45) is 0.153. The third-order valence-corrected chi connectivity index (χ3v) is 6.94. The second kappa shape index (κ2) is 14.5. The highest BCUT2D eigenvalue weighted by atomic mass is 35.5. The van der Waals surface area contributed by atoms with Crippen LogP contribution in [0.3, 0.4) is 0 Å². The SMILES string of the molecule is CCOC(=O)Cc1c(Cl)ccc2cc(CN(C)C)ccc12.CN(C)Cc1ccc2c(CC(=O)O)c(Cl)ccc2c1. The molecule has 4 aromatic rings. The molecule has 0 saturated heterocycles. The van der Waals surface area contributed by atoms with Crippen molar-refractivity contribution in [3.8, 4) is 0 Å². The van der Waals surface area contributed by atoms with Gasteiger partial charge in [-0.3, -0.25) is 9.59 Å². The van der Waals surface area contributed by atoms with Crippen LogP contribution >= 0.6 is 23.2 Å². The van der Waals surface area contributed by atoms with Crippen LogP contribution in [0.5, 0.6) is 0 Å². The molecule has 0 atom stereocenters. The number of esters is 1. The summed E-state index contributed by atoms with van der Waals surface area (Å²) in [5, 5.41) is 14.1. The van der Waals surface area contributed by atoms with Gasteiger partial charge in [0, 0.05) is 23.1 Å². The van der Waals surface area contributed by atoms with Gasteiger partial charge in [-0.1, -0.05) is 59.6 Å². The van der Waals surface area contributed by atoms with Crippen molar-refractivity contribution < 1.29 is 19.4 Å². The molecule has 0 fully saturated rings. The fourth-order valence-electron chi connectivity index (χ4n) is 4.63. The zero-order valence-electron chi connectivity index (χ0n) is 23.6. The van der Waals surface area contributed by atoms with Gasteiger partial charge in [0.05, 0.1) is 19.4 Å². The molecular formula is C32H36Cl2N2O4. The minimum Gasteiger partial charge on any atom is -0.481 e. The molecule has 0 aliphatic carbocycles. The second-order valence-corrected chi connectivity index (χ2v) is 11.0. The number of benzene rings is 4. The quantitative estimate of drug-likeness (QED) is 0.218. The lowest BCUT2D eigenvalue weighted by atomic mass is 10.00. The van der Waals surface area contributed by atoms with Gasteiger partial charge in [-0.05, 0) is 103 Å². The first-order chi connectivity index (χ1) is 19.0. The van der Waals surface area contributed by atoms with Crippen LogP contribution in [-0.4, -0.2) is 61.6 Å². The van der Waals surface area contributed by atoms with E-state index in [-0.39, 0.29) is 18.8 Å². The first kappa shape index (κ1) is 31.4. The molecular weight excluding hydrogens is 547 g/mol. The third kappa shape index (κ3) is 8.67. The number of carbonyl (C=O) groups excluding carboxylic acids is 1. The van der Waals surface area contributed by atoms with Crippen molar-refractivity contribution in [2.45, 2.75) is 32.9 Å². The second-order valence-electron chi connectivity index (χ2n) is 10.2. The van der Waals surface area contributed by atoms with Crippen molar-refractivity contribution in [2.75, 3.05) is 34.8 Å². The molecule has 0 aliphatic rings. The fourth-order valence-corrected chi connectivity index (χ4v) is 5.09. The minimum atomic E-state index is -0.869. The first-order valence-electron chi connectivity index (χ1n) is 13.0. The van der Waals surface area contributed by atoms with Gasteiger partial charge in [0.15, 0.2) is 0 Å². The van der Waals surface area contributed by atoms with Gasteiger partial charge in [-0.2, -0.15) is 0 Å². The highest BCUT2D eigenvalue weighted by Gasteiger charge is 2.13. The first-order valence-corrected chi connectivity index (χ1v) is 13.8. The van der Waals surface area contributed by atoms with E-state index < -0.39 is 5.97 Å². The maximum absolute atomic E-state index is 11.7. The van der Waals surface area contributed by atoms with E-state index in [0.717, 1.165) is 40.2 Å². The molecule has 1 N–H and O–H groups in total. The molecule has 40 heavy (non-hydrogen) atoms. The van der Waals surface area contributed by atoms with Crippen LogP contribution in [0.15, 0.2) is 60.7 Å². The van der Waals surface area contributed by atoms with E-state index in [1.54, 1.807) is 13.0 Å². The molecule has 0 aliphatic heterocycles. The van der Waals surface area contributed by atoms with Crippen molar-refractivity contribution in [1.82, 2.24) is 9.80 Å². The van der Waals surface area contributed by atoms with Gasteiger partial charge in [0.1, 0.15) is 0 Å². The number of carboxylic acid groups (broad SMARTS) is 1. The average molecular weight is 584 g/mol. The number of carbonyl (C=O) groups is 2. The molecule has 0 bridgehead atoms. The summed E-state index contributed by atoms with van der Waals surface area (Å²) >= 11 is 12.4.